The van der Waals surface area contributed by atoms with Gasteiger partial charge in [-0.25, -0.2) is 0 Å². The molecule has 3 unspecified atom stereocenters. The fourth-order valence-electron chi connectivity index (χ4n) is 4.48. The van der Waals surface area contributed by atoms with Gasteiger partial charge in [0.05, 0.1) is 5.92 Å². The van der Waals surface area contributed by atoms with Crippen molar-refractivity contribution >= 4 is 5.91 Å². The first-order valence-corrected chi connectivity index (χ1v) is 8.43. The fourth-order valence-corrected chi connectivity index (χ4v) is 4.48. The molecule has 2 fully saturated rings. The molecule has 0 bridgehead atoms. The van der Waals surface area contributed by atoms with E-state index in [1.807, 2.05) is 0 Å². The summed E-state index contributed by atoms with van der Waals surface area (Å²) in [4.78, 5) is 15.2. The maximum Gasteiger partial charge on any atom is 0.230 e. The van der Waals surface area contributed by atoms with E-state index in [1.165, 1.54) is 17.5 Å². The van der Waals surface area contributed by atoms with Crippen molar-refractivity contribution in [3.8, 4) is 0 Å². The molecule has 4 rings (SSSR count). The minimum Gasteiger partial charge on any atom is -0.342 e. The zero-order valence-corrected chi connectivity index (χ0v) is 12.6. The second kappa shape index (κ2) is 5.45. The highest BCUT2D eigenvalue weighted by atomic mass is 16.2. The smallest absolute Gasteiger partial charge is 0.230 e. The predicted molar refractivity (Wildman–Crippen MR) is 83.2 cm³/mol. The lowest BCUT2D eigenvalue weighted by Crippen LogP contribution is -2.48. The Hall–Kier alpha value is -1.35. The summed E-state index contributed by atoms with van der Waals surface area (Å²) in [5, 5.41) is 3.58. The Kier molecular flexibility index (Phi) is 3.46. The van der Waals surface area contributed by atoms with E-state index in [1.54, 1.807) is 0 Å². The van der Waals surface area contributed by atoms with Crippen LogP contribution >= 0.6 is 0 Å². The van der Waals surface area contributed by atoms with Crippen molar-refractivity contribution in [1.82, 2.24) is 10.2 Å². The summed E-state index contributed by atoms with van der Waals surface area (Å²) in [5.74, 6) is 1.18. The second-order valence-corrected chi connectivity index (χ2v) is 6.83. The monoisotopic (exact) mass is 284 g/mol. The van der Waals surface area contributed by atoms with Gasteiger partial charge in [0.15, 0.2) is 0 Å². The molecule has 1 amide bonds. The van der Waals surface area contributed by atoms with E-state index in [4.69, 9.17) is 0 Å². The van der Waals surface area contributed by atoms with Crippen LogP contribution in [0.1, 0.15) is 42.7 Å². The summed E-state index contributed by atoms with van der Waals surface area (Å²) in [6.07, 6.45) is 5.67. The number of carbonyl (C=O) groups excluding carboxylic acids is 1. The van der Waals surface area contributed by atoms with Crippen LogP contribution in [0.25, 0.3) is 0 Å². The Bertz CT molecular complexity index is 542. The molecule has 2 aliphatic heterocycles. The van der Waals surface area contributed by atoms with Crippen LogP contribution in [0, 0.1) is 5.92 Å². The average Bonchev–Trinajstić information content (AvgIpc) is 3.01. The summed E-state index contributed by atoms with van der Waals surface area (Å²) in [6, 6.07) is 9.20. The van der Waals surface area contributed by atoms with E-state index >= 15 is 0 Å². The summed E-state index contributed by atoms with van der Waals surface area (Å²) < 4.78 is 0. The van der Waals surface area contributed by atoms with Crippen molar-refractivity contribution in [2.24, 2.45) is 5.92 Å². The lowest BCUT2D eigenvalue weighted by atomic mass is 9.81. The average molecular weight is 284 g/mol. The van der Waals surface area contributed by atoms with Crippen molar-refractivity contribution in [1.29, 1.82) is 0 Å². The van der Waals surface area contributed by atoms with Gasteiger partial charge in [-0.05, 0) is 55.7 Å². The molecule has 0 radical (unpaired) electrons. The lowest BCUT2D eigenvalue weighted by molar-refractivity contribution is -0.135. The number of likely N-dealkylation sites (tertiary alicyclic amines) is 1. The number of aryl methyl sites for hydroxylation is 1. The third-order valence-electron chi connectivity index (χ3n) is 5.63. The highest BCUT2D eigenvalue weighted by Gasteiger charge is 2.37. The van der Waals surface area contributed by atoms with Crippen molar-refractivity contribution in [3.05, 3.63) is 35.4 Å². The number of rotatable bonds is 1. The van der Waals surface area contributed by atoms with Crippen LogP contribution in [-0.4, -0.2) is 36.5 Å². The minimum atomic E-state index is 0.112. The van der Waals surface area contributed by atoms with E-state index in [2.05, 4.69) is 34.5 Å². The van der Waals surface area contributed by atoms with Gasteiger partial charge in [0, 0.05) is 19.1 Å². The summed E-state index contributed by atoms with van der Waals surface area (Å²) >= 11 is 0. The quantitative estimate of drug-likeness (QED) is 0.858. The van der Waals surface area contributed by atoms with E-state index in [-0.39, 0.29) is 5.92 Å². The van der Waals surface area contributed by atoms with Gasteiger partial charge in [0.2, 0.25) is 5.91 Å². The normalized spacial score (nSPS) is 31.6. The zero-order chi connectivity index (χ0) is 14.2. The van der Waals surface area contributed by atoms with Crippen LogP contribution in [0.15, 0.2) is 24.3 Å². The van der Waals surface area contributed by atoms with Crippen LogP contribution in [0.5, 0.6) is 0 Å². The van der Waals surface area contributed by atoms with Gasteiger partial charge in [-0.2, -0.15) is 0 Å². The number of benzene rings is 1. The van der Waals surface area contributed by atoms with Crippen molar-refractivity contribution in [2.75, 3.05) is 19.6 Å². The molecule has 0 spiro atoms. The van der Waals surface area contributed by atoms with E-state index in [0.29, 0.717) is 17.9 Å². The Morgan fingerprint density at radius 1 is 1.19 bits per heavy atom. The molecule has 3 aliphatic rings. The molecule has 1 N–H and O–H groups in total. The molecular weight excluding hydrogens is 260 g/mol. The van der Waals surface area contributed by atoms with E-state index < -0.39 is 0 Å². The maximum absolute atomic E-state index is 13.0. The van der Waals surface area contributed by atoms with Crippen LogP contribution in [0.2, 0.25) is 0 Å². The second-order valence-electron chi connectivity index (χ2n) is 6.83. The molecule has 112 valence electrons. The number of fused-ring (bicyclic) bond motifs is 2. The van der Waals surface area contributed by atoms with Gasteiger partial charge in [0.1, 0.15) is 0 Å². The van der Waals surface area contributed by atoms with Gasteiger partial charge in [-0.15, -0.1) is 0 Å². The molecule has 2 saturated heterocycles. The highest BCUT2D eigenvalue weighted by Crippen LogP contribution is 2.34. The molecule has 0 aromatic heterocycles. The standard InChI is InChI=1S/C18H24N2O/c21-18(20-11-9-17-14(12-20)8-10-19-17)16-7-3-5-13-4-1-2-6-15(13)16/h1-2,4,6,14,16-17,19H,3,5,7-12H2. The first-order chi connectivity index (χ1) is 10.3. The molecule has 3 heteroatoms. The number of nitrogens with one attached hydrogen (secondary N) is 1. The third kappa shape index (κ3) is 2.38. The van der Waals surface area contributed by atoms with Crippen LogP contribution in [0.3, 0.4) is 0 Å². The SMILES string of the molecule is O=C(C1CCCc2ccccc21)N1CCC2NCCC2C1. The molecule has 1 aromatic carbocycles. The summed E-state index contributed by atoms with van der Waals surface area (Å²) in [7, 11) is 0. The molecule has 21 heavy (non-hydrogen) atoms. The minimum absolute atomic E-state index is 0.112. The molecule has 0 saturated carbocycles. The molecule has 1 aliphatic carbocycles. The van der Waals surface area contributed by atoms with Crippen LogP contribution in [0.4, 0.5) is 0 Å². The Morgan fingerprint density at radius 3 is 3.05 bits per heavy atom. The number of hydrogen-bond donors (Lipinski definition) is 1. The fraction of sp³-hybridized carbons (Fsp3) is 0.611. The predicted octanol–water partition coefficient (Wildman–Crippen LogP) is 2.32. The highest BCUT2D eigenvalue weighted by molar-refractivity contribution is 5.84. The Labute approximate surface area is 126 Å². The van der Waals surface area contributed by atoms with Gasteiger partial charge in [-0.3, -0.25) is 4.79 Å². The number of carbonyl (C=O) groups is 1. The van der Waals surface area contributed by atoms with Gasteiger partial charge >= 0.3 is 0 Å². The third-order valence-corrected chi connectivity index (χ3v) is 5.63. The molecule has 3 nitrogen and oxygen atoms in total. The van der Waals surface area contributed by atoms with Crippen molar-refractivity contribution in [2.45, 2.75) is 44.1 Å². The molecule has 2 heterocycles. The van der Waals surface area contributed by atoms with Crippen molar-refractivity contribution < 1.29 is 4.79 Å². The Morgan fingerprint density at radius 2 is 2.10 bits per heavy atom. The first kappa shape index (κ1) is 13.3. The van der Waals surface area contributed by atoms with Gasteiger partial charge < -0.3 is 10.2 Å². The van der Waals surface area contributed by atoms with Gasteiger partial charge in [0.25, 0.3) is 0 Å². The summed E-state index contributed by atoms with van der Waals surface area (Å²) in [6.45, 7) is 3.03. The Balaban J connectivity index is 1.53. The lowest BCUT2D eigenvalue weighted by Gasteiger charge is -2.38. The maximum atomic E-state index is 13.0. The topological polar surface area (TPSA) is 32.3 Å². The molecular formula is C18H24N2O. The molecule has 3 atom stereocenters. The van der Waals surface area contributed by atoms with Crippen LogP contribution in [-0.2, 0) is 11.2 Å². The number of amides is 1. The zero-order valence-electron chi connectivity index (χ0n) is 12.6. The van der Waals surface area contributed by atoms with E-state index in [9.17, 15) is 4.79 Å². The summed E-state index contributed by atoms with van der Waals surface area (Å²) in [5.41, 5.74) is 2.68. The van der Waals surface area contributed by atoms with Crippen molar-refractivity contribution in [3.63, 3.8) is 0 Å². The number of piperidine rings is 1. The number of hydrogen-bond acceptors (Lipinski definition) is 2. The van der Waals surface area contributed by atoms with Crippen LogP contribution < -0.4 is 5.32 Å². The first-order valence-electron chi connectivity index (χ1n) is 8.43. The molecule has 1 aromatic rings. The van der Waals surface area contributed by atoms with Gasteiger partial charge in [-0.1, -0.05) is 24.3 Å². The number of nitrogens with zero attached hydrogens (tertiary/aromatic N) is 1. The van der Waals surface area contributed by atoms with E-state index in [0.717, 1.165) is 45.3 Å². The largest absolute Gasteiger partial charge is 0.342 e.